The Morgan fingerprint density at radius 1 is 1.13 bits per heavy atom. The summed E-state index contributed by atoms with van der Waals surface area (Å²) in [6.07, 6.45) is 2.53. The molecule has 0 bridgehead atoms. The van der Waals surface area contributed by atoms with Crippen LogP contribution < -0.4 is 14.2 Å². The molecule has 0 N–H and O–H groups in total. The van der Waals surface area contributed by atoms with Crippen molar-refractivity contribution in [3.63, 3.8) is 0 Å². The van der Waals surface area contributed by atoms with Gasteiger partial charge in [0.1, 0.15) is 0 Å². The number of nitrogens with zero attached hydrogens (tertiary/aromatic N) is 2. The molecule has 2 aliphatic heterocycles. The topological polar surface area (TPSA) is 68.3 Å². The van der Waals surface area contributed by atoms with Gasteiger partial charge in [0.05, 0.1) is 19.7 Å². The molecular weight excluding hydrogens is 396 g/mol. The largest absolute Gasteiger partial charge is 0.493 e. The van der Waals surface area contributed by atoms with Gasteiger partial charge in [0.25, 0.3) is 0 Å². The number of benzene rings is 2. The van der Waals surface area contributed by atoms with Crippen LogP contribution in [0.5, 0.6) is 17.2 Å². The minimum atomic E-state index is -0.167. The molecule has 2 heterocycles. The van der Waals surface area contributed by atoms with Gasteiger partial charge in [-0.1, -0.05) is 30.3 Å². The van der Waals surface area contributed by atoms with Crippen molar-refractivity contribution in [2.45, 2.75) is 26.3 Å². The van der Waals surface area contributed by atoms with Crippen LogP contribution in [0.1, 0.15) is 25.0 Å². The minimum absolute atomic E-state index is 0.0279. The second kappa shape index (κ2) is 8.71. The lowest BCUT2D eigenvalue weighted by atomic mass is 9.99. The molecule has 2 amide bonds. The van der Waals surface area contributed by atoms with E-state index in [2.05, 4.69) is 0 Å². The van der Waals surface area contributed by atoms with Crippen molar-refractivity contribution in [3.8, 4) is 17.2 Å². The number of rotatable bonds is 4. The predicted molar refractivity (Wildman–Crippen MR) is 116 cm³/mol. The Morgan fingerprint density at radius 3 is 2.58 bits per heavy atom. The number of ether oxygens (including phenoxy) is 3. The maximum Gasteiger partial charge on any atom is 0.231 e. The molecule has 0 aliphatic carbocycles. The van der Waals surface area contributed by atoms with Crippen molar-refractivity contribution in [1.29, 1.82) is 0 Å². The third-order valence-electron chi connectivity index (χ3n) is 5.62. The maximum absolute atomic E-state index is 12.5. The molecule has 2 aliphatic rings. The van der Waals surface area contributed by atoms with Gasteiger partial charge in [-0.2, -0.15) is 0 Å². The highest BCUT2D eigenvalue weighted by Crippen LogP contribution is 2.42. The summed E-state index contributed by atoms with van der Waals surface area (Å²) in [6, 6.07) is 13.5. The summed E-state index contributed by atoms with van der Waals surface area (Å²) in [5.41, 5.74) is 2.76. The van der Waals surface area contributed by atoms with E-state index in [1.54, 1.807) is 25.9 Å². The van der Waals surface area contributed by atoms with Gasteiger partial charge in [0.2, 0.25) is 24.4 Å². The van der Waals surface area contributed by atoms with Crippen molar-refractivity contribution in [3.05, 3.63) is 59.3 Å². The number of piperazine rings is 1. The molecule has 2 aromatic rings. The third-order valence-corrected chi connectivity index (χ3v) is 5.62. The van der Waals surface area contributed by atoms with Gasteiger partial charge in [0, 0.05) is 26.1 Å². The zero-order chi connectivity index (χ0) is 22.0. The van der Waals surface area contributed by atoms with Crippen LogP contribution in [0.15, 0.2) is 48.2 Å². The van der Waals surface area contributed by atoms with E-state index in [1.165, 1.54) is 0 Å². The lowest BCUT2D eigenvalue weighted by Gasteiger charge is -2.42. The summed E-state index contributed by atoms with van der Waals surface area (Å²) in [7, 11) is 1.59. The predicted octanol–water partition coefficient (Wildman–Crippen LogP) is 3.09. The Labute approximate surface area is 181 Å². The van der Waals surface area contributed by atoms with E-state index in [1.807, 2.05) is 53.4 Å². The summed E-state index contributed by atoms with van der Waals surface area (Å²) in [5, 5.41) is 0. The second-order valence-corrected chi connectivity index (χ2v) is 7.71. The fourth-order valence-electron chi connectivity index (χ4n) is 4.13. The quantitative estimate of drug-likeness (QED) is 0.758. The Kier molecular flexibility index (Phi) is 5.84. The fraction of sp³-hybridized carbons (Fsp3) is 0.333. The molecule has 7 nitrogen and oxygen atoms in total. The van der Waals surface area contributed by atoms with Gasteiger partial charge in [-0.3, -0.25) is 9.59 Å². The van der Waals surface area contributed by atoms with Gasteiger partial charge < -0.3 is 24.0 Å². The van der Waals surface area contributed by atoms with Crippen LogP contribution in [0.2, 0.25) is 0 Å². The molecule has 1 unspecified atom stereocenters. The van der Waals surface area contributed by atoms with Crippen molar-refractivity contribution in [2.75, 3.05) is 27.0 Å². The summed E-state index contributed by atoms with van der Waals surface area (Å²) >= 11 is 0. The highest BCUT2D eigenvalue weighted by Gasteiger charge is 2.34. The Morgan fingerprint density at radius 2 is 1.90 bits per heavy atom. The van der Waals surface area contributed by atoms with Gasteiger partial charge in [-0.25, -0.2) is 0 Å². The SMILES string of the molecule is COc1cc(CC2CN(C(C)=O)C(=Cc3ccccc3)CN2C(C)=O)cc2c1OCO2. The Hall–Kier alpha value is -3.48. The van der Waals surface area contributed by atoms with Gasteiger partial charge >= 0.3 is 0 Å². The van der Waals surface area contributed by atoms with E-state index < -0.39 is 0 Å². The first-order valence-electron chi connectivity index (χ1n) is 10.2. The van der Waals surface area contributed by atoms with Crippen molar-refractivity contribution in [1.82, 2.24) is 9.80 Å². The average molecular weight is 422 g/mol. The monoisotopic (exact) mass is 422 g/mol. The standard InChI is InChI=1S/C24H26N2O5/c1-16(27)25-14-21(10-19-11-22(29-3)24-23(12-19)30-15-31-24)26(17(2)28)13-20(25)9-18-7-5-4-6-8-18/h4-9,11-12,21H,10,13-15H2,1-3H3. The molecule has 0 aromatic heterocycles. The number of fused-ring (bicyclic) bond motifs is 1. The van der Waals surface area contributed by atoms with E-state index in [4.69, 9.17) is 14.2 Å². The number of amides is 2. The van der Waals surface area contributed by atoms with Crippen LogP contribution in [0.25, 0.3) is 6.08 Å². The smallest absolute Gasteiger partial charge is 0.231 e. The fourth-order valence-corrected chi connectivity index (χ4v) is 4.13. The van der Waals surface area contributed by atoms with Crippen molar-refractivity contribution < 1.29 is 23.8 Å². The first kappa shape index (κ1) is 20.8. The second-order valence-electron chi connectivity index (χ2n) is 7.71. The molecule has 7 heteroatoms. The molecule has 0 spiro atoms. The molecule has 1 fully saturated rings. The van der Waals surface area contributed by atoms with E-state index in [0.717, 1.165) is 16.8 Å². The Bertz CT molecular complexity index is 1020. The van der Waals surface area contributed by atoms with E-state index >= 15 is 0 Å². The molecule has 162 valence electrons. The summed E-state index contributed by atoms with van der Waals surface area (Å²) in [4.78, 5) is 28.6. The first-order valence-corrected chi connectivity index (χ1v) is 10.2. The molecular formula is C24H26N2O5. The third kappa shape index (κ3) is 4.35. The minimum Gasteiger partial charge on any atom is -0.493 e. The molecule has 1 atom stereocenters. The zero-order valence-corrected chi connectivity index (χ0v) is 18.0. The van der Waals surface area contributed by atoms with Crippen LogP contribution in [0.4, 0.5) is 0 Å². The molecule has 0 saturated carbocycles. The maximum atomic E-state index is 12.5. The summed E-state index contributed by atoms with van der Waals surface area (Å²) in [5.74, 6) is 1.76. The average Bonchev–Trinajstić information content (AvgIpc) is 3.23. The van der Waals surface area contributed by atoms with Crippen LogP contribution >= 0.6 is 0 Å². The summed E-state index contributed by atoms with van der Waals surface area (Å²) < 4.78 is 16.4. The highest BCUT2D eigenvalue weighted by atomic mass is 16.7. The normalized spacial score (nSPS) is 18.9. The highest BCUT2D eigenvalue weighted by molar-refractivity contribution is 5.80. The lowest BCUT2D eigenvalue weighted by Crippen LogP contribution is -2.55. The first-order chi connectivity index (χ1) is 15.0. The van der Waals surface area contributed by atoms with Crippen molar-refractivity contribution >= 4 is 17.9 Å². The van der Waals surface area contributed by atoms with Gasteiger partial charge in [-0.05, 0) is 35.8 Å². The number of hydrogen-bond acceptors (Lipinski definition) is 5. The number of hydrogen-bond donors (Lipinski definition) is 0. The van der Waals surface area contributed by atoms with Crippen LogP contribution in [-0.2, 0) is 16.0 Å². The van der Waals surface area contributed by atoms with E-state index in [0.29, 0.717) is 36.8 Å². The number of methoxy groups -OCH3 is 1. The Balaban J connectivity index is 1.63. The molecule has 4 rings (SSSR count). The molecule has 2 aromatic carbocycles. The molecule has 31 heavy (non-hydrogen) atoms. The van der Waals surface area contributed by atoms with Crippen LogP contribution in [-0.4, -0.2) is 54.6 Å². The van der Waals surface area contributed by atoms with Crippen LogP contribution in [0, 0.1) is 0 Å². The van der Waals surface area contributed by atoms with Crippen LogP contribution in [0.3, 0.4) is 0 Å². The van der Waals surface area contributed by atoms with Gasteiger partial charge in [0.15, 0.2) is 11.5 Å². The lowest BCUT2D eigenvalue weighted by molar-refractivity contribution is -0.137. The van der Waals surface area contributed by atoms with Gasteiger partial charge in [-0.15, -0.1) is 0 Å². The summed E-state index contributed by atoms with van der Waals surface area (Å²) in [6.45, 7) is 4.07. The van der Waals surface area contributed by atoms with E-state index in [9.17, 15) is 9.59 Å². The van der Waals surface area contributed by atoms with E-state index in [-0.39, 0.29) is 24.6 Å². The zero-order valence-electron chi connectivity index (χ0n) is 18.0. The van der Waals surface area contributed by atoms with Crippen molar-refractivity contribution in [2.24, 2.45) is 0 Å². The molecule has 0 radical (unpaired) electrons. The number of carbonyl (C=O) groups excluding carboxylic acids is 2. The molecule has 1 saturated heterocycles. The number of carbonyl (C=O) groups is 2.